The summed E-state index contributed by atoms with van der Waals surface area (Å²) in [6.45, 7) is 1.35. The zero-order chi connectivity index (χ0) is 17.1. The number of rotatable bonds is 4. The Hall–Kier alpha value is -3.02. The first kappa shape index (κ1) is 15.5. The molecule has 1 aliphatic rings. The Labute approximate surface area is 145 Å². The lowest BCUT2D eigenvalue weighted by Gasteiger charge is -2.23. The van der Waals surface area contributed by atoms with Crippen LogP contribution >= 0.6 is 0 Å². The molecule has 0 fully saturated rings. The Morgan fingerprint density at radius 1 is 1.12 bits per heavy atom. The summed E-state index contributed by atoms with van der Waals surface area (Å²) in [5, 5.41) is 11.7. The van der Waals surface area contributed by atoms with Crippen molar-refractivity contribution in [3.8, 4) is 11.4 Å². The maximum absolute atomic E-state index is 12.7. The predicted octanol–water partition coefficient (Wildman–Crippen LogP) is 2.53. The van der Waals surface area contributed by atoms with Crippen molar-refractivity contribution in [3.63, 3.8) is 0 Å². The van der Waals surface area contributed by atoms with E-state index >= 15 is 0 Å². The first-order chi connectivity index (χ1) is 12.3. The van der Waals surface area contributed by atoms with Gasteiger partial charge in [0.15, 0.2) is 5.82 Å². The number of carbonyl (C=O) groups excluding carboxylic acids is 1. The molecule has 25 heavy (non-hydrogen) atoms. The smallest absolute Gasteiger partial charge is 0.231 e. The zero-order valence-electron chi connectivity index (χ0n) is 13.8. The fourth-order valence-electron chi connectivity index (χ4n) is 3.24. The fraction of sp³-hybridized carbons (Fsp3) is 0.263. The number of fused-ring (bicyclic) bond motifs is 1. The highest BCUT2D eigenvalue weighted by Crippen LogP contribution is 2.30. The van der Waals surface area contributed by atoms with Crippen LogP contribution in [-0.4, -0.2) is 25.7 Å². The van der Waals surface area contributed by atoms with Crippen molar-refractivity contribution in [2.75, 3.05) is 0 Å². The fourth-order valence-corrected chi connectivity index (χ4v) is 3.24. The Morgan fingerprint density at radius 2 is 1.92 bits per heavy atom. The number of benzene rings is 1. The molecule has 0 aliphatic carbocycles. The van der Waals surface area contributed by atoms with Crippen LogP contribution in [0.3, 0.4) is 0 Å². The van der Waals surface area contributed by atoms with Gasteiger partial charge >= 0.3 is 0 Å². The Kier molecular flexibility index (Phi) is 4.24. The highest BCUT2D eigenvalue weighted by Gasteiger charge is 2.30. The van der Waals surface area contributed by atoms with Crippen molar-refractivity contribution in [3.05, 3.63) is 66.2 Å². The molecule has 0 radical (unpaired) electrons. The molecule has 1 unspecified atom stereocenters. The number of nitrogens with one attached hydrogen (secondary N) is 1. The molecular weight excluding hydrogens is 314 g/mol. The van der Waals surface area contributed by atoms with Crippen molar-refractivity contribution in [2.45, 2.75) is 31.8 Å². The summed E-state index contributed by atoms with van der Waals surface area (Å²) >= 11 is 0. The minimum atomic E-state index is -0.249. The summed E-state index contributed by atoms with van der Waals surface area (Å²) in [4.78, 5) is 16.7. The van der Waals surface area contributed by atoms with E-state index in [1.54, 1.807) is 12.4 Å². The van der Waals surface area contributed by atoms with Gasteiger partial charge in [-0.2, -0.15) is 0 Å². The first-order valence-corrected chi connectivity index (χ1v) is 8.48. The Bertz CT molecular complexity index is 860. The molecule has 1 N–H and O–H groups in total. The molecule has 2 aromatic heterocycles. The third-order valence-corrected chi connectivity index (χ3v) is 4.53. The van der Waals surface area contributed by atoms with Gasteiger partial charge in [0.05, 0.1) is 5.92 Å². The Morgan fingerprint density at radius 3 is 2.72 bits per heavy atom. The molecule has 1 aromatic carbocycles. The molecule has 126 valence electrons. The SMILES string of the molecule is O=C(NCc1ccncc1)C1CCCn2c(-c3ccccc3)nnc21. The van der Waals surface area contributed by atoms with Gasteiger partial charge in [-0.1, -0.05) is 30.3 Å². The number of carbonyl (C=O) groups is 1. The van der Waals surface area contributed by atoms with E-state index in [1.807, 2.05) is 42.5 Å². The summed E-state index contributed by atoms with van der Waals surface area (Å²) in [6.07, 6.45) is 5.20. The van der Waals surface area contributed by atoms with E-state index in [0.29, 0.717) is 6.54 Å². The van der Waals surface area contributed by atoms with Gasteiger partial charge in [0.1, 0.15) is 5.82 Å². The van der Waals surface area contributed by atoms with Gasteiger partial charge < -0.3 is 9.88 Å². The summed E-state index contributed by atoms with van der Waals surface area (Å²) in [5.41, 5.74) is 2.06. The third kappa shape index (κ3) is 3.15. The van der Waals surface area contributed by atoms with Gasteiger partial charge in [0, 0.05) is 31.0 Å². The number of nitrogens with zero attached hydrogens (tertiary/aromatic N) is 4. The summed E-state index contributed by atoms with van der Waals surface area (Å²) in [7, 11) is 0. The second-order valence-corrected chi connectivity index (χ2v) is 6.17. The standard InChI is InChI=1S/C19H19N5O/c25-19(21-13-14-8-10-20-11-9-14)16-7-4-12-24-17(22-23-18(16)24)15-5-2-1-3-6-15/h1-3,5-6,8-11,16H,4,7,12-13H2,(H,21,25). The lowest BCUT2D eigenvalue weighted by molar-refractivity contribution is -0.123. The lowest BCUT2D eigenvalue weighted by atomic mass is 9.97. The molecule has 0 saturated heterocycles. The summed E-state index contributed by atoms with van der Waals surface area (Å²) in [6, 6.07) is 13.8. The van der Waals surface area contributed by atoms with Gasteiger partial charge in [-0.3, -0.25) is 9.78 Å². The van der Waals surface area contributed by atoms with Gasteiger partial charge in [0.25, 0.3) is 0 Å². The average molecular weight is 333 g/mol. The molecule has 1 amide bonds. The van der Waals surface area contributed by atoms with Crippen LogP contribution in [0, 0.1) is 0 Å². The van der Waals surface area contributed by atoms with E-state index in [0.717, 1.165) is 42.2 Å². The maximum atomic E-state index is 12.7. The van der Waals surface area contributed by atoms with Gasteiger partial charge in [0.2, 0.25) is 5.91 Å². The molecule has 0 saturated carbocycles. The van der Waals surface area contributed by atoms with E-state index in [4.69, 9.17) is 0 Å². The lowest BCUT2D eigenvalue weighted by Crippen LogP contribution is -2.33. The largest absolute Gasteiger partial charge is 0.351 e. The monoisotopic (exact) mass is 333 g/mol. The van der Waals surface area contributed by atoms with Crippen molar-refractivity contribution >= 4 is 5.91 Å². The van der Waals surface area contributed by atoms with E-state index in [9.17, 15) is 4.79 Å². The zero-order valence-corrected chi connectivity index (χ0v) is 13.8. The van der Waals surface area contributed by atoms with Crippen LogP contribution in [0.1, 0.15) is 30.1 Å². The predicted molar refractivity (Wildman–Crippen MR) is 93.5 cm³/mol. The van der Waals surface area contributed by atoms with Gasteiger partial charge in [-0.25, -0.2) is 0 Å². The second-order valence-electron chi connectivity index (χ2n) is 6.17. The van der Waals surface area contributed by atoms with Crippen LogP contribution in [0.25, 0.3) is 11.4 Å². The number of aromatic nitrogens is 4. The van der Waals surface area contributed by atoms with Crippen LogP contribution in [0.15, 0.2) is 54.9 Å². The molecule has 6 nitrogen and oxygen atoms in total. The molecule has 0 bridgehead atoms. The summed E-state index contributed by atoms with van der Waals surface area (Å²) < 4.78 is 2.08. The average Bonchev–Trinajstić information content (AvgIpc) is 3.12. The van der Waals surface area contributed by atoms with E-state index in [1.165, 1.54) is 0 Å². The van der Waals surface area contributed by atoms with Crippen molar-refractivity contribution < 1.29 is 4.79 Å². The van der Waals surface area contributed by atoms with Gasteiger partial charge in [-0.05, 0) is 30.5 Å². The number of amides is 1. The van der Waals surface area contributed by atoms with E-state index in [2.05, 4.69) is 25.1 Å². The third-order valence-electron chi connectivity index (χ3n) is 4.53. The highest BCUT2D eigenvalue weighted by atomic mass is 16.1. The number of pyridine rings is 1. The van der Waals surface area contributed by atoms with Crippen LogP contribution in [0.2, 0.25) is 0 Å². The number of hydrogen-bond donors (Lipinski definition) is 1. The quantitative estimate of drug-likeness (QED) is 0.796. The molecule has 6 heteroatoms. The second kappa shape index (κ2) is 6.84. The number of hydrogen-bond acceptors (Lipinski definition) is 4. The molecular formula is C19H19N5O. The van der Waals surface area contributed by atoms with E-state index in [-0.39, 0.29) is 11.8 Å². The minimum Gasteiger partial charge on any atom is -0.351 e. The van der Waals surface area contributed by atoms with Crippen molar-refractivity contribution in [1.29, 1.82) is 0 Å². The van der Waals surface area contributed by atoms with E-state index < -0.39 is 0 Å². The van der Waals surface area contributed by atoms with Crippen LogP contribution in [-0.2, 0) is 17.9 Å². The Balaban J connectivity index is 1.54. The van der Waals surface area contributed by atoms with Gasteiger partial charge in [-0.15, -0.1) is 10.2 Å². The maximum Gasteiger partial charge on any atom is 0.231 e. The van der Waals surface area contributed by atoms with Crippen molar-refractivity contribution in [2.24, 2.45) is 0 Å². The molecule has 1 atom stereocenters. The highest BCUT2D eigenvalue weighted by molar-refractivity contribution is 5.83. The molecule has 0 spiro atoms. The molecule has 1 aliphatic heterocycles. The van der Waals surface area contributed by atoms with Crippen LogP contribution in [0.4, 0.5) is 0 Å². The molecule has 3 aromatic rings. The topological polar surface area (TPSA) is 72.7 Å². The van der Waals surface area contributed by atoms with Crippen LogP contribution in [0.5, 0.6) is 0 Å². The minimum absolute atomic E-state index is 0.00442. The van der Waals surface area contributed by atoms with Crippen LogP contribution < -0.4 is 5.32 Å². The summed E-state index contributed by atoms with van der Waals surface area (Å²) in [5.74, 6) is 1.35. The molecule has 3 heterocycles. The first-order valence-electron chi connectivity index (χ1n) is 8.48. The van der Waals surface area contributed by atoms with Crippen molar-refractivity contribution in [1.82, 2.24) is 25.1 Å². The normalized spacial score (nSPS) is 16.2. The molecule has 4 rings (SSSR count).